The van der Waals surface area contributed by atoms with Crippen molar-refractivity contribution in [3.63, 3.8) is 0 Å². The maximum atomic E-state index is 6.11. The van der Waals surface area contributed by atoms with Crippen molar-refractivity contribution in [2.75, 3.05) is 19.8 Å². The first-order chi connectivity index (χ1) is 10.2. The Bertz CT molecular complexity index is 471. The molecule has 2 unspecified atom stereocenters. The van der Waals surface area contributed by atoms with Crippen LogP contribution in [0.25, 0.3) is 0 Å². The van der Waals surface area contributed by atoms with Crippen molar-refractivity contribution >= 4 is 0 Å². The number of nitrogens with two attached hydrogens (primary N) is 1. The fourth-order valence-electron chi connectivity index (χ4n) is 3.55. The molecule has 0 bridgehead atoms. The van der Waals surface area contributed by atoms with Crippen molar-refractivity contribution in [2.45, 2.75) is 44.2 Å². The Morgan fingerprint density at radius 1 is 1.38 bits per heavy atom. The summed E-state index contributed by atoms with van der Waals surface area (Å²) >= 11 is 0. The summed E-state index contributed by atoms with van der Waals surface area (Å²) in [5.41, 5.74) is 3.90. The molecule has 2 fully saturated rings. The number of hydrazine groups is 1. The number of hydrogen-bond acceptors (Lipinski definition) is 6. The second-order valence-electron chi connectivity index (χ2n) is 6.07. The van der Waals surface area contributed by atoms with Crippen LogP contribution in [0.1, 0.15) is 43.2 Å². The molecule has 2 aliphatic rings. The van der Waals surface area contributed by atoms with Gasteiger partial charge in [0.1, 0.15) is 5.82 Å². The first-order valence-corrected chi connectivity index (χ1v) is 7.70. The summed E-state index contributed by atoms with van der Waals surface area (Å²) in [5.74, 6) is 7.03. The summed E-state index contributed by atoms with van der Waals surface area (Å²) in [6, 6.07) is 2.00. The maximum absolute atomic E-state index is 6.11. The van der Waals surface area contributed by atoms with Crippen LogP contribution in [0.4, 0.5) is 0 Å². The zero-order chi connectivity index (χ0) is 14.7. The quantitative estimate of drug-likeness (QED) is 0.645. The van der Waals surface area contributed by atoms with E-state index in [4.69, 9.17) is 15.3 Å². The zero-order valence-corrected chi connectivity index (χ0v) is 12.5. The smallest absolute Gasteiger partial charge is 0.125 e. The molecule has 3 rings (SSSR count). The maximum Gasteiger partial charge on any atom is 0.125 e. The van der Waals surface area contributed by atoms with Gasteiger partial charge < -0.3 is 9.47 Å². The topological polar surface area (TPSA) is 82.3 Å². The molecule has 6 nitrogen and oxygen atoms in total. The van der Waals surface area contributed by atoms with E-state index in [1.54, 1.807) is 6.20 Å². The van der Waals surface area contributed by atoms with Crippen LogP contribution < -0.4 is 11.3 Å². The van der Waals surface area contributed by atoms with Gasteiger partial charge in [0.05, 0.1) is 17.3 Å². The predicted molar refractivity (Wildman–Crippen MR) is 78.3 cm³/mol. The Morgan fingerprint density at radius 3 is 2.90 bits per heavy atom. The number of nitrogens with zero attached hydrogens (tertiary/aromatic N) is 2. The minimum atomic E-state index is -0.0294. The second-order valence-corrected chi connectivity index (χ2v) is 6.07. The highest BCUT2D eigenvalue weighted by Gasteiger charge is 2.41. The fraction of sp³-hybridized carbons (Fsp3) is 0.733. The molecule has 2 saturated heterocycles. The number of hydrogen-bond donors (Lipinski definition) is 2. The van der Waals surface area contributed by atoms with Crippen LogP contribution in [0.3, 0.4) is 0 Å². The van der Waals surface area contributed by atoms with E-state index < -0.39 is 0 Å². The third-order valence-corrected chi connectivity index (χ3v) is 4.70. The normalized spacial score (nSPS) is 26.7. The Morgan fingerprint density at radius 2 is 2.19 bits per heavy atom. The van der Waals surface area contributed by atoms with E-state index in [0.29, 0.717) is 5.92 Å². The van der Waals surface area contributed by atoms with Crippen LogP contribution in [0, 0.1) is 12.8 Å². The molecule has 1 aromatic rings. The molecule has 2 aliphatic heterocycles. The summed E-state index contributed by atoms with van der Waals surface area (Å²) in [6.45, 7) is 4.27. The van der Waals surface area contributed by atoms with Gasteiger partial charge in [-0.15, -0.1) is 0 Å². The van der Waals surface area contributed by atoms with Crippen LogP contribution in [-0.4, -0.2) is 35.4 Å². The zero-order valence-electron chi connectivity index (χ0n) is 12.5. The van der Waals surface area contributed by atoms with Gasteiger partial charge in [-0.1, -0.05) is 0 Å². The van der Waals surface area contributed by atoms with Crippen LogP contribution >= 0.6 is 0 Å². The number of aryl methyl sites for hydroxylation is 1. The van der Waals surface area contributed by atoms with E-state index in [0.717, 1.165) is 57.0 Å². The molecule has 1 spiro atoms. The first kappa shape index (κ1) is 14.8. The minimum absolute atomic E-state index is 0.0294. The van der Waals surface area contributed by atoms with Gasteiger partial charge in [0.15, 0.2) is 0 Å². The molecule has 0 aliphatic carbocycles. The minimum Gasteiger partial charge on any atom is -0.381 e. The largest absolute Gasteiger partial charge is 0.381 e. The molecule has 0 aromatic carbocycles. The van der Waals surface area contributed by atoms with Gasteiger partial charge in [-0.2, -0.15) is 0 Å². The van der Waals surface area contributed by atoms with Gasteiger partial charge in [0.2, 0.25) is 0 Å². The second kappa shape index (κ2) is 6.36. The molecule has 116 valence electrons. The molecule has 0 amide bonds. The predicted octanol–water partition coefficient (Wildman–Crippen LogP) is 1.27. The Balaban J connectivity index is 1.77. The van der Waals surface area contributed by atoms with Crippen LogP contribution in [0.2, 0.25) is 0 Å². The molecule has 21 heavy (non-hydrogen) atoms. The van der Waals surface area contributed by atoms with Crippen LogP contribution in [0.15, 0.2) is 12.3 Å². The average Bonchev–Trinajstić information content (AvgIpc) is 2.49. The van der Waals surface area contributed by atoms with Gasteiger partial charge >= 0.3 is 0 Å². The van der Waals surface area contributed by atoms with Gasteiger partial charge in [-0.3, -0.25) is 11.3 Å². The Hall–Kier alpha value is -1.08. The third kappa shape index (κ3) is 3.23. The summed E-state index contributed by atoms with van der Waals surface area (Å²) in [7, 11) is 0. The summed E-state index contributed by atoms with van der Waals surface area (Å²) in [5, 5.41) is 0. The first-order valence-electron chi connectivity index (χ1n) is 7.70. The van der Waals surface area contributed by atoms with Gasteiger partial charge in [0.25, 0.3) is 0 Å². The van der Waals surface area contributed by atoms with E-state index in [-0.39, 0.29) is 11.6 Å². The lowest BCUT2D eigenvalue weighted by Gasteiger charge is -2.45. The SMILES string of the molecule is Cc1nccc(C(NN)C2CCOC3(CCOCC3)C2)n1. The summed E-state index contributed by atoms with van der Waals surface area (Å²) in [6.07, 6.45) is 5.76. The van der Waals surface area contributed by atoms with Gasteiger partial charge in [-0.05, 0) is 44.6 Å². The van der Waals surface area contributed by atoms with Crippen molar-refractivity contribution in [2.24, 2.45) is 11.8 Å². The highest BCUT2D eigenvalue weighted by molar-refractivity contribution is 5.10. The van der Waals surface area contributed by atoms with E-state index in [1.807, 2.05) is 13.0 Å². The van der Waals surface area contributed by atoms with Crippen molar-refractivity contribution in [1.29, 1.82) is 0 Å². The van der Waals surface area contributed by atoms with Crippen LogP contribution in [0.5, 0.6) is 0 Å². The molecule has 3 N–H and O–H groups in total. The molecule has 0 saturated carbocycles. The standard InChI is InChI=1S/C15H24N4O2/c1-11-17-6-2-13(18-11)14(19-16)12-3-7-21-15(10-12)4-8-20-9-5-15/h2,6,12,14,19H,3-5,7-10,16H2,1H3. The van der Waals surface area contributed by atoms with Crippen LogP contribution in [-0.2, 0) is 9.47 Å². The molecule has 1 aromatic heterocycles. The molecule has 3 heterocycles. The highest BCUT2D eigenvalue weighted by atomic mass is 16.5. The van der Waals surface area contributed by atoms with E-state index in [9.17, 15) is 0 Å². The van der Waals surface area contributed by atoms with Crippen molar-refractivity contribution < 1.29 is 9.47 Å². The Kier molecular flexibility index (Phi) is 4.49. The van der Waals surface area contributed by atoms with Crippen molar-refractivity contribution in [3.05, 3.63) is 23.8 Å². The number of nitrogens with one attached hydrogen (secondary N) is 1. The van der Waals surface area contributed by atoms with Crippen molar-refractivity contribution in [1.82, 2.24) is 15.4 Å². The summed E-state index contributed by atoms with van der Waals surface area (Å²) in [4.78, 5) is 8.70. The molecular formula is C15H24N4O2. The molecule has 6 heteroatoms. The average molecular weight is 292 g/mol. The fourth-order valence-corrected chi connectivity index (χ4v) is 3.55. The van der Waals surface area contributed by atoms with E-state index >= 15 is 0 Å². The number of ether oxygens (including phenoxy) is 2. The van der Waals surface area contributed by atoms with E-state index in [1.165, 1.54) is 0 Å². The number of rotatable bonds is 3. The monoisotopic (exact) mass is 292 g/mol. The Labute approximate surface area is 125 Å². The molecule has 2 atom stereocenters. The number of aromatic nitrogens is 2. The lowest BCUT2D eigenvalue weighted by Crippen LogP contribution is -2.47. The third-order valence-electron chi connectivity index (χ3n) is 4.70. The molecular weight excluding hydrogens is 268 g/mol. The summed E-state index contributed by atoms with van der Waals surface area (Å²) < 4.78 is 11.6. The molecule has 0 radical (unpaired) electrons. The van der Waals surface area contributed by atoms with Crippen molar-refractivity contribution in [3.8, 4) is 0 Å². The highest BCUT2D eigenvalue weighted by Crippen LogP contribution is 2.41. The van der Waals surface area contributed by atoms with Gasteiger partial charge in [-0.25, -0.2) is 9.97 Å². The van der Waals surface area contributed by atoms with Gasteiger partial charge in [0, 0.05) is 26.0 Å². The van der Waals surface area contributed by atoms with E-state index in [2.05, 4.69) is 15.4 Å². The lowest BCUT2D eigenvalue weighted by atomic mass is 9.77. The lowest BCUT2D eigenvalue weighted by molar-refractivity contribution is -0.150.